The lowest BCUT2D eigenvalue weighted by Crippen LogP contribution is -2.48. The molecule has 2 heterocycles. The van der Waals surface area contributed by atoms with Gasteiger partial charge in [0.1, 0.15) is 6.26 Å². The van der Waals surface area contributed by atoms with E-state index >= 15 is 0 Å². The van der Waals surface area contributed by atoms with E-state index in [-0.39, 0.29) is 12.0 Å². The van der Waals surface area contributed by atoms with Gasteiger partial charge in [0, 0.05) is 39.3 Å². The number of unbranched alkanes of at least 4 members (excludes halogenated alkanes) is 1. The number of nitrogens with zero attached hydrogens (tertiary/aromatic N) is 3. The summed E-state index contributed by atoms with van der Waals surface area (Å²) in [6.07, 6.45) is 4.27. The summed E-state index contributed by atoms with van der Waals surface area (Å²) in [6, 6.07) is 9.78. The number of amides is 1. The van der Waals surface area contributed by atoms with Crippen LogP contribution in [0.15, 0.2) is 41.0 Å². The number of piperazine rings is 1. The molecule has 7 nitrogen and oxygen atoms in total. The van der Waals surface area contributed by atoms with Crippen LogP contribution >= 0.6 is 0 Å². The SMILES string of the molecule is CCCCC(O)CN1CCN(Cc2nc(C(=O)NCc3ccccc3)co2)CC1. The van der Waals surface area contributed by atoms with Crippen LogP contribution in [0.4, 0.5) is 0 Å². The first-order valence-electron chi connectivity index (χ1n) is 10.5. The van der Waals surface area contributed by atoms with E-state index in [1.54, 1.807) is 0 Å². The number of hydrogen-bond donors (Lipinski definition) is 2. The molecule has 1 aliphatic rings. The van der Waals surface area contributed by atoms with E-state index in [4.69, 9.17) is 4.42 Å². The molecular weight excluding hydrogens is 368 g/mol. The van der Waals surface area contributed by atoms with Crippen molar-refractivity contribution in [2.75, 3.05) is 32.7 Å². The molecule has 0 radical (unpaired) electrons. The Balaban J connectivity index is 1.39. The van der Waals surface area contributed by atoms with E-state index in [2.05, 4.69) is 27.0 Å². The summed E-state index contributed by atoms with van der Waals surface area (Å²) in [5.74, 6) is 0.334. The maximum Gasteiger partial charge on any atom is 0.273 e. The van der Waals surface area contributed by atoms with E-state index < -0.39 is 0 Å². The highest BCUT2D eigenvalue weighted by Crippen LogP contribution is 2.11. The largest absolute Gasteiger partial charge is 0.447 e. The lowest BCUT2D eigenvalue weighted by Gasteiger charge is -2.35. The molecule has 1 unspecified atom stereocenters. The second-order valence-electron chi connectivity index (χ2n) is 7.67. The molecule has 2 N–H and O–H groups in total. The normalized spacial score (nSPS) is 16.6. The van der Waals surface area contributed by atoms with Crippen molar-refractivity contribution in [2.24, 2.45) is 0 Å². The van der Waals surface area contributed by atoms with Crippen LogP contribution < -0.4 is 5.32 Å². The molecule has 0 aliphatic carbocycles. The molecule has 1 aromatic carbocycles. The number of aliphatic hydroxyl groups is 1. The van der Waals surface area contributed by atoms with Crippen molar-refractivity contribution in [2.45, 2.75) is 45.4 Å². The Morgan fingerprint density at radius 3 is 2.66 bits per heavy atom. The van der Waals surface area contributed by atoms with Crippen LogP contribution in [0, 0.1) is 0 Å². The lowest BCUT2D eigenvalue weighted by molar-refractivity contribution is 0.0627. The fraction of sp³-hybridized carbons (Fsp3) is 0.545. The highest BCUT2D eigenvalue weighted by Gasteiger charge is 2.21. The molecule has 1 atom stereocenters. The number of carbonyl (C=O) groups is 1. The first-order chi connectivity index (χ1) is 14.1. The molecule has 0 bridgehead atoms. The van der Waals surface area contributed by atoms with Gasteiger partial charge in [-0.05, 0) is 12.0 Å². The number of β-amino-alcohol motifs (C(OH)–C–C–N with tert-alkyl or cyclic N) is 1. The van der Waals surface area contributed by atoms with Gasteiger partial charge in [-0.1, -0.05) is 50.1 Å². The highest BCUT2D eigenvalue weighted by molar-refractivity contribution is 5.91. The molecule has 1 aliphatic heterocycles. The average Bonchev–Trinajstić information content (AvgIpc) is 3.21. The number of rotatable bonds is 10. The zero-order valence-electron chi connectivity index (χ0n) is 17.2. The first kappa shape index (κ1) is 21.5. The van der Waals surface area contributed by atoms with Gasteiger partial charge in [0.15, 0.2) is 5.69 Å². The molecule has 1 saturated heterocycles. The van der Waals surface area contributed by atoms with Crippen molar-refractivity contribution in [3.63, 3.8) is 0 Å². The number of aliphatic hydroxyl groups excluding tert-OH is 1. The van der Waals surface area contributed by atoms with Crippen molar-refractivity contribution < 1.29 is 14.3 Å². The van der Waals surface area contributed by atoms with Gasteiger partial charge in [0.05, 0.1) is 12.6 Å². The summed E-state index contributed by atoms with van der Waals surface area (Å²) in [7, 11) is 0. The second kappa shape index (κ2) is 11.1. The standard InChI is InChI=1S/C22H32N4O3/c1-2-3-9-19(27)15-25-10-12-26(13-11-25)16-21-24-20(17-29-21)22(28)23-14-18-7-5-4-6-8-18/h4-8,17,19,27H,2-3,9-16H2,1H3,(H,23,28). The van der Waals surface area contributed by atoms with Crippen LogP contribution in [0.1, 0.15) is 48.1 Å². The van der Waals surface area contributed by atoms with Crippen molar-refractivity contribution in [1.82, 2.24) is 20.1 Å². The predicted molar refractivity (Wildman–Crippen MR) is 111 cm³/mol. The van der Waals surface area contributed by atoms with Gasteiger partial charge in [0.2, 0.25) is 5.89 Å². The molecule has 7 heteroatoms. The Kier molecular flexibility index (Phi) is 8.22. The third-order valence-electron chi connectivity index (χ3n) is 5.26. The maximum atomic E-state index is 12.3. The van der Waals surface area contributed by atoms with Gasteiger partial charge in [-0.3, -0.25) is 14.6 Å². The molecule has 158 valence electrons. The van der Waals surface area contributed by atoms with Gasteiger partial charge in [0.25, 0.3) is 5.91 Å². The molecule has 0 spiro atoms. The molecule has 1 fully saturated rings. The number of benzene rings is 1. The Morgan fingerprint density at radius 2 is 1.93 bits per heavy atom. The average molecular weight is 401 g/mol. The third-order valence-corrected chi connectivity index (χ3v) is 5.26. The van der Waals surface area contributed by atoms with Crippen LogP contribution in [-0.2, 0) is 13.1 Å². The topological polar surface area (TPSA) is 81.8 Å². The second-order valence-corrected chi connectivity index (χ2v) is 7.67. The zero-order chi connectivity index (χ0) is 20.5. The summed E-state index contributed by atoms with van der Waals surface area (Å²) in [4.78, 5) is 21.2. The number of carbonyl (C=O) groups excluding carboxylic acids is 1. The van der Waals surface area contributed by atoms with Gasteiger partial charge < -0.3 is 14.8 Å². The molecule has 1 amide bonds. The lowest BCUT2D eigenvalue weighted by atomic mass is 10.1. The van der Waals surface area contributed by atoms with Crippen molar-refractivity contribution >= 4 is 5.91 Å². The number of oxazole rings is 1. The van der Waals surface area contributed by atoms with E-state index in [0.717, 1.165) is 57.5 Å². The van der Waals surface area contributed by atoms with Gasteiger partial charge in [-0.2, -0.15) is 0 Å². The Hall–Kier alpha value is -2.22. The molecule has 0 saturated carbocycles. The highest BCUT2D eigenvalue weighted by atomic mass is 16.3. The third kappa shape index (κ3) is 6.96. The van der Waals surface area contributed by atoms with Crippen LogP contribution in [-0.4, -0.2) is 64.6 Å². The molecular formula is C22H32N4O3. The van der Waals surface area contributed by atoms with Gasteiger partial charge >= 0.3 is 0 Å². The van der Waals surface area contributed by atoms with Crippen molar-refractivity contribution in [3.05, 3.63) is 53.7 Å². The zero-order valence-corrected chi connectivity index (χ0v) is 17.2. The smallest absolute Gasteiger partial charge is 0.273 e. The Morgan fingerprint density at radius 1 is 1.21 bits per heavy atom. The Labute approximate surface area is 172 Å². The minimum absolute atomic E-state index is 0.227. The predicted octanol–water partition coefficient (Wildman–Crippen LogP) is 2.27. The summed E-state index contributed by atoms with van der Waals surface area (Å²) < 4.78 is 5.51. The van der Waals surface area contributed by atoms with E-state index in [1.165, 1.54) is 6.26 Å². The first-order valence-corrected chi connectivity index (χ1v) is 10.5. The Bertz CT molecular complexity index is 742. The molecule has 29 heavy (non-hydrogen) atoms. The number of nitrogens with one attached hydrogen (secondary N) is 1. The van der Waals surface area contributed by atoms with Crippen LogP contribution in [0.3, 0.4) is 0 Å². The molecule has 1 aromatic heterocycles. The van der Waals surface area contributed by atoms with Crippen molar-refractivity contribution in [1.29, 1.82) is 0 Å². The van der Waals surface area contributed by atoms with Crippen LogP contribution in [0.25, 0.3) is 0 Å². The van der Waals surface area contributed by atoms with Crippen molar-refractivity contribution in [3.8, 4) is 0 Å². The minimum atomic E-state index is -0.231. The summed E-state index contributed by atoms with van der Waals surface area (Å²) >= 11 is 0. The monoisotopic (exact) mass is 400 g/mol. The fourth-order valence-electron chi connectivity index (χ4n) is 3.51. The molecule has 2 aromatic rings. The summed E-state index contributed by atoms with van der Waals surface area (Å²) in [6.45, 7) is 7.61. The number of aromatic nitrogens is 1. The van der Waals surface area contributed by atoms with Gasteiger partial charge in [-0.25, -0.2) is 4.98 Å². The maximum absolute atomic E-state index is 12.3. The fourth-order valence-corrected chi connectivity index (χ4v) is 3.51. The number of hydrogen-bond acceptors (Lipinski definition) is 6. The van der Waals surface area contributed by atoms with Crippen LogP contribution in [0.5, 0.6) is 0 Å². The van der Waals surface area contributed by atoms with E-state index in [9.17, 15) is 9.90 Å². The quantitative estimate of drug-likeness (QED) is 0.637. The summed E-state index contributed by atoms with van der Waals surface area (Å²) in [5, 5.41) is 13.0. The summed E-state index contributed by atoms with van der Waals surface area (Å²) in [5.41, 5.74) is 1.36. The van der Waals surface area contributed by atoms with Gasteiger partial charge in [-0.15, -0.1) is 0 Å². The van der Waals surface area contributed by atoms with E-state index in [1.807, 2.05) is 30.3 Å². The van der Waals surface area contributed by atoms with E-state index in [0.29, 0.717) is 24.7 Å². The molecule has 3 rings (SSSR count). The minimum Gasteiger partial charge on any atom is -0.447 e. The van der Waals surface area contributed by atoms with Crippen LogP contribution in [0.2, 0.25) is 0 Å².